The van der Waals surface area contributed by atoms with Gasteiger partial charge < -0.3 is 9.88 Å². The molecular formula is C19H22N4. The first-order valence-electron chi connectivity index (χ1n) is 8.59. The highest BCUT2D eigenvalue weighted by Gasteiger charge is 2.35. The monoisotopic (exact) mass is 306 g/mol. The van der Waals surface area contributed by atoms with Crippen molar-refractivity contribution in [1.82, 2.24) is 19.7 Å². The van der Waals surface area contributed by atoms with E-state index in [1.807, 2.05) is 0 Å². The van der Waals surface area contributed by atoms with Crippen LogP contribution in [0.5, 0.6) is 0 Å². The zero-order valence-corrected chi connectivity index (χ0v) is 13.7. The third-order valence-electron chi connectivity index (χ3n) is 5.63. The molecule has 1 N–H and O–H groups in total. The largest absolute Gasteiger partial charge is 0.342 e. The van der Waals surface area contributed by atoms with Crippen LogP contribution in [-0.2, 0) is 20.5 Å². The highest BCUT2D eigenvalue weighted by Crippen LogP contribution is 2.39. The number of hydrogen-bond donors (Lipinski definition) is 1. The van der Waals surface area contributed by atoms with Crippen LogP contribution in [0.4, 0.5) is 0 Å². The fourth-order valence-electron chi connectivity index (χ4n) is 4.55. The quantitative estimate of drug-likeness (QED) is 0.748. The van der Waals surface area contributed by atoms with Gasteiger partial charge in [-0.05, 0) is 37.8 Å². The number of piperidine rings is 1. The standard InChI is InChI=1S/C19H22N4/c1-22-16-9-4-3-6-12(16)10-17(22)19-14-11-13-7-5-8-15(20-13)18(14)21-23(19)2/h3-4,6,9-10,13,15,20H,5,7-8,11H2,1-2H3. The second-order valence-corrected chi connectivity index (χ2v) is 7.03. The summed E-state index contributed by atoms with van der Waals surface area (Å²) in [4.78, 5) is 0. The van der Waals surface area contributed by atoms with Gasteiger partial charge in [0.05, 0.1) is 23.1 Å². The Morgan fingerprint density at radius 3 is 2.91 bits per heavy atom. The Morgan fingerprint density at radius 1 is 1.17 bits per heavy atom. The lowest BCUT2D eigenvalue weighted by molar-refractivity contribution is 0.297. The van der Waals surface area contributed by atoms with Gasteiger partial charge in [0.2, 0.25) is 0 Å². The zero-order chi connectivity index (χ0) is 15.6. The van der Waals surface area contributed by atoms with E-state index in [9.17, 15) is 0 Å². The van der Waals surface area contributed by atoms with Crippen molar-refractivity contribution in [3.8, 4) is 11.4 Å². The molecule has 4 nitrogen and oxygen atoms in total. The topological polar surface area (TPSA) is 34.8 Å². The number of aromatic nitrogens is 3. The van der Waals surface area contributed by atoms with Crippen LogP contribution >= 0.6 is 0 Å². The molecule has 118 valence electrons. The summed E-state index contributed by atoms with van der Waals surface area (Å²) in [6.45, 7) is 0. The van der Waals surface area contributed by atoms with E-state index < -0.39 is 0 Å². The first-order chi connectivity index (χ1) is 11.2. The summed E-state index contributed by atoms with van der Waals surface area (Å²) in [5, 5.41) is 9.96. The van der Waals surface area contributed by atoms with Crippen molar-refractivity contribution in [1.29, 1.82) is 0 Å². The Labute approximate surface area is 136 Å². The summed E-state index contributed by atoms with van der Waals surface area (Å²) in [7, 11) is 4.26. The van der Waals surface area contributed by atoms with Crippen molar-refractivity contribution in [2.75, 3.05) is 0 Å². The molecule has 2 atom stereocenters. The highest BCUT2D eigenvalue weighted by atomic mass is 15.3. The van der Waals surface area contributed by atoms with Crippen LogP contribution in [-0.4, -0.2) is 20.4 Å². The smallest absolute Gasteiger partial charge is 0.0879 e. The number of benzene rings is 1. The van der Waals surface area contributed by atoms with Gasteiger partial charge in [0, 0.05) is 36.6 Å². The molecule has 0 amide bonds. The minimum atomic E-state index is 0.451. The van der Waals surface area contributed by atoms with Crippen LogP contribution in [0.15, 0.2) is 30.3 Å². The van der Waals surface area contributed by atoms with E-state index >= 15 is 0 Å². The molecule has 2 aliphatic rings. The Kier molecular flexibility index (Phi) is 2.74. The maximum absolute atomic E-state index is 4.90. The molecule has 5 rings (SSSR count). The third kappa shape index (κ3) is 1.84. The molecule has 2 aromatic heterocycles. The average Bonchev–Trinajstić information content (AvgIpc) is 3.05. The summed E-state index contributed by atoms with van der Waals surface area (Å²) in [6, 6.07) is 12.0. The Bertz CT molecular complexity index is 902. The van der Waals surface area contributed by atoms with Crippen molar-refractivity contribution in [3.63, 3.8) is 0 Å². The molecule has 2 unspecified atom stereocenters. The maximum Gasteiger partial charge on any atom is 0.0879 e. The number of hydrogen-bond acceptors (Lipinski definition) is 2. The normalized spacial score (nSPS) is 23.2. The maximum atomic E-state index is 4.90. The first kappa shape index (κ1) is 13.4. The van der Waals surface area contributed by atoms with E-state index in [1.54, 1.807) is 0 Å². The molecule has 1 fully saturated rings. The minimum Gasteiger partial charge on any atom is -0.342 e. The fraction of sp³-hybridized carbons (Fsp3) is 0.421. The molecule has 4 heteroatoms. The number of nitrogens with zero attached hydrogens (tertiary/aromatic N) is 3. The molecule has 0 spiro atoms. The summed E-state index contributed by atoms with van der Waals surface area (Å²) in [5.74, 6) is 0. The van der Waals surface area contributed by atoms with Crippen LogP contribution in [0.3, 0.4) is 0 Å². The van der Waals surface area contributed by atoms with Gasteiger partial charge in [0.1, 0.15) is 0 Å². The number of fused-ring (bicyclic) bond motifs is 5. The van der Waals surface area contributed by atoms with Gasteiger partial charge in [-0.15, -0.1) is 0 Å². The van der Waals surface area contributed by atoms with Crippen molar-refractivity contribution in [2.24, 2.45) is 14.1 Å². The lowest BCUT2D eigenvalue weighted by atomic mass is 9.84. The number of nitrogens with one attached hydrogen (secondary N) is 1. The molecule has 0 radical (unpaired) electrons. The average molecular weight is 306 g/mol. The third-order valence-corrected chi connectivity index (χ3v) is 5.63. The molecule has 0 aliphatic carbocycles. The molecular weight excluding hydrogens is 284 g/mol. The lowest BCUT2D eigenvalue weighted by Gasteiger charge is -2.35. The van der Waals surface area contributed by atoms with E-state index in [-0.39, 0.29) is 0 Å². The molecule has 23 heavy (non-hydrogen) atoms. The predicted molar refractivity (Wildman–Crippen MR) is 92.3 cm³/mol. The van der Waals surface area contributed by atoms with Gasteiger partial charge in [-0.2, -0.15) is 5.10 Å². The number of rotatable bonds is 1. The molecule has 0 saturated carbocycles. The second-order valence-electron chi connectivity index (χ2n) is 7.03. The Balaban J connectivity index is 1.74. The van der Waals surface area contributed by atoms with E-state index in [0.29, 0.717) is 12.1 Å². The van der Waals surface area contributed by atoms with Crippen LogP contribution in [0.2, 0.25) is 0 Å². The molecule has 3 aromatic rings. The zero-order valence-electron chi connectivity index (χ0n) is 13.7. The van der Waals surface area contributed by atoms with E-state index in [2.05, 4.69) is 59.0 Å². The summed E-state index contributed by atoms with van der Waals surface area (Å²) >= 11 is 0. The van der Waals surface area contributed by atoms with E-state index in [0.717, 1.165) is 6.42 Å². The summed E-state index contributed by atoms with van der Waals surface area (Å²) < 4.78 is 4.41. The number of aryl methyl sites for hydroxylation is 2. The molecule has 2 bridgehead atoms. The fourth-order valence-corrected chi connectivity index (χ4v) is 4.55. The molecule has 1 saturated heterocycles. The Morgan fingerprint density at radius 2 is 2.04 bits per heavy atom. The van der Waals surface area contributed by atoms with Crippen molar-refractivity contribution < 1.29 is 0 Å². The second kappa shape index (κ2) is 4.71. The van der Waals surface area contributed by atoms with Gasteiger partial charge in [-0.25, -0.2) is 0 Å². The van der Waals surface area contributed by atoms with Crippen LogP contribution in [0.25, 0.3) is 22.3 Å². The first-order valence-corrected chi connectivity index (χ1v) is 8.59. The van der Waals surface area contributed by atoms with Gasteiger partial charge in [0.25, 0.3) is 0 Å². The van der Waals surface area contributed by atoms with Crippen molar-refractivity contribution in [2.45, 2.75) is 37.8 Å². The van der Waals surface area contributed by atoms with E-state index in [4.69, 9.17) is 5.10 Å². The van der Waals surface area contributed by atoms with Crippen molar-refractivity contribution >= 4 is 10.9 Å². The highest BCUT2D eigenvalue weighted by molar-refractivity contribution is 5.87. The van der Waals surface area contributed by atoms with Crippen LogP contribution < -0.4 is 5.32 Å². The predicted octanol–water partition coefficient (Wildman–Crippen LogP) is 3.32. The summed E-state index contributed by atoms with van der Waals surface area (Å²) in [6.07, 6.45) is 4.94. The molecule has 1 aromatic carbocycles. The van der Waals surface area contributed by atoms with Crippen LogP contribution in [0.1, 0.15) is 36.6 Å². The van der Waals surface area contributed by atoms with E-state index in [1.165, 1.54) is 52.8 Å². The molecule has 2 aliphatic heterocycles. The molecule has 4 heterocycles. The summed E-state index contributed by atoms with van der Waals surface area (Å²) in [5.41, 5.74) is 6.61. The SMILES string of the molecule is Cn1nc2c(c1-c1cc3ccccc3n1C)CC1CCCC2N1. The van der Waals surface area contributed by atoms with Crippen molar-refractivity contribution in [3.05, 3.63) is 41.6 Å². The Hall–Kier alpha value is -2.07. The van der Waals surface area contributed by atoms with Gasteiger partial charge >= 0.3 is 0 Å². The number of para-hydroxylation sites is 1. The van der Waals surface area contributed by atoms with Gasteiger partial charge in [-0.3, -0.25) is 4.68 Å². The van der Waals surface area contributed by atoms with Gasteiger partial charge in [-0.1, -0.05) is 18.2 Å². The van der Waals surface area contributed by atoms with Crippen LogP contribution in [0, 0.1) is 0 Å². The lowest BCUT2D eigenvalue weighted by Crippen LogP contribution is -2.42. The minimum absolute atomic E-state index is 0.451. The van der Waals surface area contributed by atoms with Gasteiger partial charge in [0.15, 0.2) is 0 Å².